The fraction of sp³-hybridized carbons (Fsp3) is 0.571. The van der Waals surface area contributed by atoms with Gasteiger partial charge < -0.3 is 14.7 Å². The molecule has 0 aromatic heterocycles. The molecule has 0 saturated carbocycles. The maximum absolute atomic E-state index is 10.8. The van der Waals surface area contributed by atoms with Crippen molar-refractivity contribution in [2.24, 2.45) is 0 Å². The Labute approximate surface area is 118 Å². The maximum atomic E-state index is 10.8. The highest BCUT2D eigenvalue weighted by molar-refractivity contribution is 5.58. The molecule has 1 aliphatic rings. The third-order valence-corrected chi connectivity index (χ3v) is 3.94. The van der Waals surface area contributed by atoms with Crippen LogP contribution < -0.4 is 4.90 Å². The van der Waals surface area contributed by atoms with E-state index in [1.807, 2.05) is 0 Å². The normalized spacial score (nSPS) is 22.9. The van der Waals surface area contributed by atoms with Crippen molar-refractivity contribution in [2.45, 2.75) is 32.0 Å². The fourth-order valence-electron chi connectivity index (χ4n) is 2.70. The van der Waals surface area contributed by atoms with Crippen molar-refractivity contribution in [2.75, 3.05) is 25.1 Å². The zero-order valence-electron chi connectivity index (χ0n) is 11.8. The molecular weight excluding hydrogens is 260 g/mol. The third-order valence-electron chi connectivity index (χ3n) is 3.94. The van der Waals surface area contributed by atoms with Crippen molar-refractivity contribution >= 4 is 11.4 Å². The van der Waals surface area contributed by atoms with E-state index >= 15 is 0 Å². The predicted octanol–water partition coefficient (Wildman–Crippen LogP) is 2.09. The number of aliphatic hydroxyl groups is 1. The second-order valence-corrected chi connectivity index (χ2v) is 5.41. The largest absolute Gasteiger partial charge is 0.392 e. The van der Waals surface area contributed by atoms with Crippen molar-refractivity contribution < 1.29 is 14.8 Å². The average molecular weight is 280 g/mol. The molecule has 0 amide bonds. The molecular formula is C14H20N2O4. The molecule has 0 aliphatic carbocycles. The Bertz CT molecular complexity index is 506. The molecule has 20 heavy (non-hydrogen) atoms. The van der Waals surface area contributed by atoms with Crippen molar-refractivity contribution in [3.05, 3.63) is 33.9 Å². The van der Waals surface area contributed by atoms with Gasteiger partial charge in [-0.3, -0.25) is 10.1 Å². The van der Waals surface area contributed by atoms with Crippen LogP contribution in [0.4, 0.5) is 11.4 Å². The second kappa shape index (κ2) is 5.76. The summed E-state index contributed by atoms with van der Waals surface area (Å²) in [4.78, 5) is 12.5. The van der Waals surface area contributed by atoms with Gasteiger partial charge in [0.15, 0.2) is 0 Å². The highest BCUT2D eigenvalue weighted by Crippen LogP contribution is 2.31. The molecule has 1 N–H and O–H groups in total. The Hall–Kier alpha value is -1.66. The molecule has 6 heteroatoms. The first-order chi connectivity index (χ1) is 9.49. The number of aliphatic hydroxyl groups excluding tert-OH is 1. The first kappa shape index (κ1) is 14.7. The van der Waals surface area contributed by atoms with E-state index in [0.717, 1.165) is 25.1 Å². The van der Waals surface area contributed by atoms with Crippen LogP contribution in [0.2, 0.25) is 0 Å². The number of anilines is 1. The fourth-order valence-corrected chi connectivity index (χ4v) is 2.70. The summed E-state index contributed by atoms with van der Waals surface area (Å²) in [5, 5.41) is 20.3. The zero-order valence-corrected chi connectivity index (χ0v) is 11.8. The van der Waals surface area contributed by atoms with E-state index in [2.05, 4.69) is 11.8 Å². The minimum absolute atomic E-state index is 0.00399. The minimum Gasteiger partial charge on any atom is -0.392 e. The van der Waals surface area contributed by atoms with Gasteiger partial charge in [-0.2, -0.15) is 0 Å². The van der Waals surface area contributed by atoms with Crippen molar-refractivity contribution in [3.8, 4) is 0 Å². The number of nitro groups is 1. The smallest absolute Gasteiger partial charge is 0.269 e. The summed E-state index contributed by atoms with van der Waals surface area (Å²) >= 11 is 0. The van der Waals surface area contributed by atoms with E-state index < -0.39 is 4.92 Å². The van der Waals surface area contributed by atoms with E-state index in [0.29, 0.717) is 12.1 Å². The first-order valence-corrected chi connectivity index (χ1v) is 6.67. The van der Waals surface area contributed by atoms with Crippen molar-refractivity contribution in [1.29, 1.82) is 0 Å². The van der Waals surface area contributed by atoms with Crippen LogP contribution in [0.25, 0.3) is 0 Å². The van der Waals surface area contributed by atoms with Gasteiger partial charge >= 0.3 is 0 Å². The van der Waals surface area contributed by atoms with Gasteiger partial charge in [0.25, 0.3) is 5.69 Å². The SMILES string of the molecule is COC1(C)CCCN(c2ccc([N+](=O)[O-])cc2CO)C1. The van der Waals surface area contributed by atoms with Crippen LogP contribution in [-0.2, 0) is 11.3 Å². The van der Waals surface area contributed by atoms with E-state index in [-0.39, 0.29) is 17.9 Å². The number of hydrogen-bond donors (Lipinski definition) is 1. The molecule has 1 fully saturated rings. The van der Waals surface area contributed by atoms with E-state index in [1.165, 1.54) is 12.1 Å². The maximum Gasteiger partial charge on any atom is 0.269 e. The van der Waals surface area contributed by atoms with Crippen LogP contribution in [0.3, 0.4) is 0 Å². The Morgan fingerprint density at radius 1 is 1.55 bits per heavy atom. The monoisotopic (exact) mass is 280 g/mol. The lowest BCUT2D eigenvalue weighted by molar-refractivity contribution is -0.384. The number of rotatable bonds is 4. The summed E-state index contributed by atoms with van der Waals surface area (Å²) in [5.41, 5.74) is 1.22. The van der Waals surface area contributed by atoms with E-state index in [1.54, 1.807) is 13.2 Å². The molecule has 0 bridgehead atoms. The van der Waals surface area contributed by atoms with Gasteiger partial charge in [0.2, 0.25) is 0 Å². The molecule has 0 radical (unpaired) electrons. The number of hydrogen-bond acceptors (Lipinski definition) is 5. The van der Waals surface area contributed by atoms with Crippen LogP contribution >= 0.6 is 0 Å². The third kappa shape index (κ3) is 2.91. The molecule has 110 valence electrons. The lowest BCUT2D eigenvalue weighted by atomic mass is 9.94. The van der Waals surface area contributed by atoms with E-state index in [4.69, 9.17) is 4.74 Å². The Kier molecular flexibility index (Phi) is 4.25. The average Bonchev–Trinajstić information content (AvgIpc) is 2.46. The molecule has 1 aliphatic heterocycles. The van der Waals surface area contributed by atoms with Crippen molar-refractivity contribution in [1.82, 2.24) is 0 Å². The van der Waals surface area contributed by atoms with Crippen LogP contribution in [0.5, 0.6) is 0 Å². The minimum atomic E-state index is -0.446. The lowest BCUT2D eigenvalue weighted by Crippen LogP contribution is -2.47. The zero-order chi connectivity index (χ0) is 14.8. The van der Waals surface area contributed by atoms with E-state index in [9.17, 15) is 15.2 Å². The van der Waals surface area contributed by atoms with Crippen LogP contribution in [0, 0.1) is 10.1 Å². The lowest BCUT2D eigenvalue weighted by Gasteiger charge is -2.41. The quantitative estimate of drug-likeness (QED) is 0.675. The summed E-state index contributed by atoms with van der Waals surface area (Å²) in [7, 11) is 1.70. The van der Waals surface area contributed by atoms with Crippen molar-refractivity contribution in [3.63, 3.8) is 0 Å². The highest BCUT2D eigenvalue weighted by atomic mass is 16.6. The van der Waals surface area contributed by atoms with Gasteiger partial charge in [0, 0.05) is 43.6 Å². The summed E-state index contributed by atoms with van der Waals surface area (Å²) in [6, 6.07) is 4.63. The number of methoxy groups -OCH3 is 1. The topological polar surface area (TPSA) is 75.8 Å². The summed E-state index contributed by atoms with van der Waals surface area (Å²) in [6.45, 7) is 3.43. The Balaban J connectivity index is 2.30. The van der Waals surface area contributed by atoms with Crippen LogP contribution in [0.15, 0.2) is 18.2 Å². The van der Waals surface area contributed by atoms with Crippen LogP contribution in [0.1, 0.15) is 25.3 Å². The molecule has 6 nitrogen and oxygen atoms in total. The number of piperidine rings is 1. The van der Waals surface area contributed by atoms with Gasteiger partial charge in [-0.25, -0.2) is 0 Å². The molecule has 1 atom stereocenters. The first-order valence-electron chi connectivity index (χ1n) is 6.67. The van der Waals surface area contributed by atoms with Gasteiger partial charge in [-0.15, -0.1) is 0 Å². The molecule has 1 aromatic rings. The van der Waals surface area contributed by atoms with Gasteiger partial charge in [-0.1, -0.05) is 0 Å². The molecule has 1 unspecified atom stereocenters. The number of nitrogens with zero attached hydrogens (tertiary/aromatic N) is 2. The van der Waals surface area contributed by atoms with Gasteiger partial charge in [0.1, 0.15) is 0 Å². The molecule has 2 rings (SSSR count). The van der Waals surface area contributed by atoms with Gasteiger partial charge in [-0.05, 0) is 25.8 Å². The number of nitro benzene ring substituents is 1. The molecule has 0 spiro atoms. The predicted molar refractivity (Wildman–Crippen MR) is 75.9 cm³/mol. The summed E-state index contributed by atoms with van der Waals surface area (Å²) in [6.07, 6.45) is 1.98. The number of benzene rings is 1. The second-order valence-electron chi connectivity index (χ2n) is 5.41. The summed E-state index contributed by atoms with van der Waals surface area (Å²) in [5.74, 6) is 0. The molecule has 1 aromatic carbocycles. The Morgan fingerprint density at radius 3 is 2.90 bits per heavy atom. The van der Waals surface area contributed by atoms with Crippen LogP contribution in [-0.4, -0.2) is 35.8 Å². The summed E-state index contributed by atoms with van der Waals surface area (Å²) < 4.78 is 5.55. The highest BCUT2D eigenvalue weighted by Gasteiger charge is 2.31. The Morgan fingerprint density at radius 2 is 2.30 bits per heavy atom. The number of non-ortho nitro benzene ring substituents is 1. The standard InChI is InChI=1S/C14H20N2O4/c1-14(20-2)6-3-7-15(10-14)13-5-4-12(16(18)19)8-11(13)9-17/h4-5,8,17H,3,6-7,9-10H2,1-2H3. The van der Waals surface area contributed by atoms with Gasteiger partial charge in [0.05, 0.1) is 17.1 Å². The molecule has 1 heterocycles. The molecule has 1 saturated heterocycles. The number of ether oxygens (including phenoxy) is 1.